The van der Waals surface area contributed by atoms with Gasteiger partial charge < -0.3 is 31.2 Å². The largest absolute Gasteiger partial charge is 0.449 e. The van der Waals surface area contributed by atoms with Crippen LogP contribution in [0.4, 0.5) is 4.79 Å². The Balaban J connectivity index is 1.52. The number of carbonyl (C=O) groups is 3. The number of primary amides is 1. The second-order valence-corrected chi connectivity index (χ2v) is 8.36. The van der Waals surface area contributed by atoms with Crippen molar-refractivity contribution in [3.05, 3.63) is 28.9 Å². The summed E-state index contributed by atoms with van der Waals surface area (Å²) in [6, 6.07) is 0.0108. The monoisotopic (exact) mass is 433 g/mol. The van der Waals surface area contributed by atoms with Gasteiger partial charge in [-0.2, -0.15) is 5.10 Å². The standard InChI is InChI=1S/C17H19N7O5S/c1-28-17-7(3-29-15(19)27)9-11(24(17)2-8-14(17)22-8)12(25)6(10(18)13(9)26)4-30-16-20-5-21-23-16/h5,7-8,14,22H,2-4,18H2,1H3,(H2,19,27)(H,20,21,23)/t7-,8+,14+,17-/m1/s1. The zero-order valence-corrected chi connectivity index (χ0v) is 16.7. The summed E-state index contributed by atoms with van der Waals surface area (Å²) in [7, 11) is 1.51. The lowest BCUT2D eigenvalue weighted by Gasteiger charge is -2.39. The van der Waals surface area contributed by atoms with Crippen LogP contribution in [0.1, 0.15) is 0 Å². The molecular formula is C17H19N7O5S. The number of nitrogens with two attached hydrogens (primary N) is 2. The third kappa shape index (κ3) is 2.45. The summed E-state index contributed by atoms with van der Waals surface area (Å²) in [6.45, 7) is 0.295. The second-order valence-electron chi connectivity index (χ2n) is 7.39. The van der Waals surface area contributed by atoms with Crippen LogP contribution in [-0.4, -0.2) is 81.6 Å². The number of allylic oxidation sites excluding steroid dienone is 2. The molecule has 12 nitrogen and oxygen atoms in total. The van der Waals surface area contributed by atoms with E-state index in [1.165, 1.54) is 25.2 Å². The number of hydrogen-bond acceptors (Lipinski definition) is 11. The van der Waals surface area contributed by atoms with Crippen LogP contribution in [0.5, 0.6) is 0 Å². The Hall–Kier alpha value is -2.90. The Morgan fingerprint density at radius 2 is 2.23 bits per heavy atom. The van der Waals surface area contributed by atoms with E-state index >= 15 is 0 Å². The fourth-order valence-corrected chi connectivity index (χ4v) is 5.60. The molecule has 2 fully saturated rings. The first-order valence-corrected chi connectivity index (χ1v) is 10.2. The normalized spacial score (nSPS) is 31.8. The van der Waals surface area contributed by atoms with Crippen molar-refractivity contribution in [1.29, 1.82) is 0 Å². The van der Waals surface area contributed by atoms with E-state index in [2.05, 4.69) is 20.5 Å². The summed E-state index contributed by atoms with van der Waals surface area (Å²) in [4.78, 5) is 43.8. The van der Waals surface area contributed by atoms with Crippen LogP contribution < -0.4 is 16.8 Å². The van der Waals surface area contributed by atoms with Gasteiger partial charge in [-0.15, -0.1) is 0 Å². The lowest BCUT2D eigenvalue weighted by atomic mass is 9.82. The number of rotatable bonds is 6. The molecule has 5 rings (SSSR count). The highest BCUT2D eigenvalue weighted by Crippen LogP contribution is 2.55. The van der Waals surface area contributed by atoms with Crippen LogP contribution in [0, 0.1) is 5.92 Å². The fourth-order valence-electron chi connectivity index (χ4n) is 4.79. The van der Waals surface area contributed by atoms with Gasteiger partial charge in [0.15, 0.2) is 10.9 Å². The van der Waals surface area contributed by atoms with E-state index in [4.69, 9.17) is 20.9 Å². The Morgan fingerprint density at radius 1 is 1.43 bits per heavy atom. The zero-order chi connectivity index (χ0) is 21.2. The number of hydrogen-bond donors (Lipinski definition) is 4. The molecule has 1 amide bonds. The van der Waals surface area contributed by atoms with Crippen LogP contribution in [-0.2, 0) is 19.1 Å². The molecule has 2 saturated heterocycles. The van der Waals surface area contributed by atoms with E-state index in [0.717, 1.165) is 0 Å². The predicted molar refractivity (Wildman–Crippen MR) is 102 cm³/mol. The molecule has 13 heteroatoms. The number of nitrogens with one attached hydrogen (secondary N) is 2. The molecule has 30 heavy (non-hydrogen) atoms. The molecule has 158 valence electrons. The van der Waals surface area contributed by atoms with Crippen molar-refractivity contribution in [3.63, 3.8) is 0 Å². The molecule has 0 radical (unpaired) electrons. The molecule has 0 bridgehead atoms. The van der Waals surface area contributed by atoms with Crippen molar-refractivity contribution in [3.8, 4) is 0 Å². The summed E-state index contributed by atoms with van der Waals surface area (Å²) < 4.78 is 10.9. The Morgan fingerprint density at radius 3 is 2.90 bits per heavy atom. The molecule has 3 aliphatic heterocycles. The average molecular weight is 433 g/mol. The molecule has 1 aromatic heterocycles. The van der Waals surface area contributed by atoms with Crippen molar-refractivity contribution in [2.45, 2.75) is 23.0 Å². The number of aromatic amines is 1. The van der Waals surface area contributed by atoms with Gasteiger partial charge in [0.1, 0.15) is 12.9 Å². The molecule has 4 heterocycles. The summed E-state index contributed by atoms with van der Waals surface area (Å²) in [6.07, 6.45) is 0.382. The number of aromatic nitrogens is 3. The molecule has 1 aromatic rings. The summed E-state index contributed by atoms with van der Waals surface area (Å²) in [5.74, 6) is -1.34. The lowest BCUT2D eigenvalue weighted by Crippen LogP contribution is -2.55. The zero-order valence-electron chi connectivity index (χ0n) is 15.9. The van der Waals surface area contributed by atoms with Gasteiger partial charge in [0, 0.05) is 36.6 Å². The average Bonchev–Trinajstić information content (AvgIpc) is 3.08. The third-order valence-corrected chi connectivity index (χ3v) is 6.98. The third-order valence-electron chi connectivity index (χ3n) is 6.08. The van der Waals surface area contributed by atoms with Crippen LogP contribution in [0.3, 0.4) is 0 Å². The quantitative estimate of drug-likeness (QED) is 0.226. The molecule has 1 aliphatic carbocycles. The van der Waals surface area contributed by atoms with Crippen molar-refractivity contribution in [1.82, 2.24) is 25.4 Å². The van der Waals surface area contributed by atoms with E-state index in [0.29, 0.717) is 11.7 Å². The van der Waals surface area contributed by atoms with Crippen molar-refractivity contribution in [2.24, 2.45) is 17.4 Å². The maximum absolute atomic E-state index is 13.5. The first kappa shape index (κ1) is 19.1. The van der Waals surface area contributed by atoms with Crippen LogP contribution in [0.15, 0.2) is 34.0 Å². The minimum atomic E-state index is -1.02. The molecule has 4 atom stereocenters. The van der Waals surface area contributed by atoms with E-state index in [9.17, 15) is 14.4 Å². The number of amides is 1. The van der Waals surface area contributed by atoms with Crippen molar-refractivity contribution >= 4 is 29.4 Å². The second kappa shape index (κ2) is 6.55. The first-order chi connectivity index (χ1) is 14.4. The van der Waals surface area contributed by atoms with Gasteiger partial charge in [-0.05, 0) is 0 Å². The number of piperazine rings is 1. The number of Topliss-reactive ketones (excluding diaryl/α,β-unsaturated/α-hetero) is 2. The molecule has 0 unspecified atom stereocenters. The van der Waals surface area contributed by atoms with Crippen LogP contribution >= 0.6 is 11.8 Å². The number of fused-ring (bicyclic) bond motifs is 4. The lowest BCUT2D eigenvalue weighted by molar-refractivity contribution is -0.137. The number of carbonyl (C=O) groups excluding carboxylic acids is 3. The van der Waals surface area contributed by atoms with Crippen molar-refractivity contribution < 1.29 is 23.9 Å². The topological polar surface area (TPSA) is 188 Å². The molecule has 6 N–H and O–H groups in total. The maximum Gasteiger partial charge on any atom is 0.404 e. The highest BCUT2D eigenvalue weighted by atomic mass is 32.2. The van der Waals surface area contributed by atoms with Crippen LogP contribution in [0.25, 0.3) is 0 Å². The highest BCUT2D eigenvalue weighted by Gasteiger charge is 2.72. The van der Waals surface area contributed by atoms with E-state index in [1.54, 1.807) is 0 Å². The Kier molecular flexibility index (Phi) is 4.17. The maximum atomic E-state index is 13.5. The van der Waals surface area contributed by atoms with Gasteiger partial charge in [0.05, 0.1) is 23.4 Å². The van der Waals surface area contributed by atoms with E-state index in [1.807, 2.05) is 4.90 Å². The van der Waals surface area contributed by atoms with Gasteiger partial charge in [0.2, 0.25) is 11.6 Å². The molecule has 0 saturated carbocycles. The summed E-state index contributed by atoms with van der Waals surface area (Å²) in [5.41, 5.74) is 10.8. The van der Waals surface area contributed by atoms with Gasteiger partial charge in [-0.1, -0.05) is 11.8 Å². The van der Waals surface area contributed by atoms with E-state index in [-0.39, 0.29) is 52.8 Å². The first-order valence-electron chi connectivity index (χ1n) is 9.21. The van der Waals surface area contributed by atoms with E-state index < -0.39 is 23.5 Å². The Bertz CT molecular complexity index is 1020. The summed E-state index contributed by atoms with van der Waals surface area (Å²) in [5, 5.41) is 10.3. The Labute approximate surface area is 174 Å². The number of thioether (sulfide) groups is 1. The number of H-pyrrole nitrogens is 1. The fraction of sp³-hybridized carbons (Fsp3) is 0.471. The van der Waals surface area contributed by atoms with Gasteiger partial charge >= 0.3 is 6.09 Å². The van der Waals surface area contributed by atoms with Gasteiger partial charge in [-0.25, -0.2) is 9.78 Å². The smallest absolute Gasteiger partial charge is 0.404 e. The number of nitrogens with zero attached hydrogens (tertiary/aromatic N) is 3. The number of methoxy groups -OCH3 is 1. The minimum absolute atomic E-state index is 0.108. The molecule has 0 aromatic carbocycles. The SMILES string of the molecule is CO[C@@]12[C@H](COC(N)=O)C3=C(C(=O)C(CSc4ncn[nH]4)=C(N)C3=O)N1C[C@@H]1N[C@@H]12. The van der Waals surface area contributed by atoms with Crippen molar-refractivity contribution in [2.75, 3.05) is 26.0 Å². The van der Waals surface area contributed by atoms with Gasteiger partial charge in [0.25, 0.3) is 0 Å². The van der Waals surface area contributed by atoms with Crippen LogP contribution in [0.2, 0.25) is 0 Å². The molecule has 0 spiro atoms. The number of ether oxygens (including phenoxy) is 2. The highest BCUT2D eigenvalue weighted by molar-refractivity contribution is 7.99. The summed E-state index contributed by atoms with van der Waals surface area (Å²) >= 11 is 1.22. The molecular weight excluding hydrogens is 414 g/mol. The van der Waals surface area contributed by atoms with Gasteiger partial charge in [-0.3, -0.25) is 14.7 Å². The molecule has 4 aliphatic rings. The minimum Gasteiger partial charge on any atom is -0.449 e. The number of ketones is 2. The predicted octanol–water partition coefficient (Wildman–Crippen LogP) is -1.76.